The van der Waals surface area contributed by atoms with Gasteiger partial charge in [0.25, 0.3) is 5.89 Å². The van der Waals surface area contributed by atoms with E-state index in [0.29, 0.717) is 23.0 Å². The second kappa shape index (κ2) is 6.47. The number of rotatable bonds is 6. The molecule has 20 heavy (non-hydrogen) atoms. The summed E-state index contributed by atoms with van der Waals surface area (Å²) in [5, 5.41) is 13.4. The van der Waals surface area contributed by atoms with Gasteiger partial charge >= 0.3 is 0 Å². The summed E-state index contributed by atoms with van der Waals surface area (Å²) in [6, 6.07) is 3.99. The first kappa shape index (κ1) is 14.5. The monoisotopic (exact) mass is 280 g/mol. The van der Waals surface area contributed by atoms with E-state index in [9.17, 15) is 9.50 Å². The van der Waals surface area contributed by atoms with Crippen molar-refractivity contribution < 1.29 is 18.8 Å². The van der Waals surface area contributed by atoms with Crippen molar-refractivity contribution in [3.8, 4) is 5.75 Å². The van der Waals surface area contributed by atoms with Crippen LogP contribution < -0.4 is 4.74 Å². The fourth-order valence-electron chi connectivity index (χ4n) is 1.79. The Labute approximate surface area is 116 Å². The van der Waals surface area contributed by atoms with Crippen molar-refractivity contribution in [1.29, 1.82) is 0 Å². The zero-order chi connectivity index (χ0) is 14.5. The molecular weight excluding hydrogens is 263 g/mol. The van der Waals surface area contributed by atoms with Crippen molar-refractivity contribution in [1.82, 2.24) is 10.1 Å². The molecule has 0 saturated carbocycles. The van der Waals surface area contributed by atoms with Gasteiger partial charge in [0.05, 0.1) is 6.10 Å². The fourth-order valence-corrected chi connectivity index (χ4v) is 1.79. The van der Waals surface area contributed by atoms with Crippen molar-refractivity contribution in [2.45, 2.75) is 39.4 Å². The Bertz CT molecular complexity index is 569. The average Bonchev–Trinajstić information content (AvgIpc) is 2.85. The molecule has 0 aliphatic carbocycles. The van der Waals surface area contributed by atoms with Crippen LogP contribution in [0, 0.1) is 5.82 Å². The van der Waals surface area contributed by atoms with Crippen molar-refractivity contribution in [2.24, 2.45) is 0 Å². The minimum Gasteiger partial charge on any atom is -0.483 e. The third-order valence-corrected chi connectivity index (χ3v) is 2.76. The molecule has 0 amide bonds. The quantitative estimate of drug-likeness (QED) is 0.881. The molecule has 0 aliphatic rings. The van der Waals surface area contributed by atoms with E-state index in [2.05, 4.69) is 10.1 Å². The van der Waals surface area contributed by atoms with E-state index in [1.165, 1.54) is 18.2 Å². The number of nitrogens with zero attached hydrogens (tertiary/aromatic N) is 2. The Morgan fingerprint density at radius 3 is 2.95 bits per heavy atom. The number of halogens is 1. The zero-order valence-electron chi connectivity index (χ0n) is 11.5. The summed E-state index contributed by atoms with van der Waals surface area (Å²) in [6.45, 7) is 3.66. The Hall–Kier alpha value is -1.95. The molecule has 1 heterocycles. The van der Waals surface area contributed by atoms with Crippen LogP contribution in [0.4, 0.5) is 4.39 Å². The van der Waals surface area contributed by atoms with E-state index in [1.807, 2.05) is 6.92 Å². The second-order valence-corrected chi connectivity index (χ2v) is 4.50. The molecule has 108 valence electrons. The molecule has 6 heteroatoms. The molecule has 0 bridgehead atoms. The predicted octanol–water partition coefficient (Wildman–Crippen LogP) is 2.79. The highest BCUT2D eigenvalue weighted by Crippen LogP contribution is 2.26. The zero-order valence-corrected chi connectivity index (χ0v) is 11.5. The van der Waals surface area contributed by atoms with Crippen LogP contribution in [0.5, 0.6) is 5.75 Å². The van der Waals surface area contributed by atoms with Gasteiger partial charge in [-0.3, -0.25) is 0 Å². The van der Waals surface area contributed by atoms with Crippen LogP contribution in [0.3, 0.4) is 0 Å². The molecule has 0 unspecified atom stereocenters. The van der Waals surface area contributed by atoms with Crippen LogP contribution in [0.15, 0.2) is 22.7 Å². The summed E-state index contributed by atoms with van der Waals surface area (Å²) < 4.78 is 23.7. The molecule has 0 fully saturated rings. The first-order valence-electron chi connectivity index (χ1n) is 6.52. The number of aliphatic hydroxyl groups is 1. The summed E-state index contributed by atoms with van der Waals surface area (Å²) in [7, 11) is 0. The number of aliphatic hydroxyl groups excluding tert-OH is 1. The van der Waals surface area contributed by atoms with Gasteiger partial charge in [0.2, 0.25) is 0 Å². The molecule has 1 aromatic heterocycles. The lowest BCUT2D eigenvalue weighted by atomic mass is 10.1. The highest BCUT2D eigenvalue weighted by molar-refractivity contribution is 5.35. The largest absolute Gasteiger partial charge is 0.483 e. The molecule has 1 N–H and O–H groups in total. The van der Waals surface area contributed by atoms with Gasteiger partial charge in [-0.15, -0.1) is 0 Å². The summed E-state index contributed by atoms with van der Waals surface area (Å²) >= 11 is 0. The van der Waals surface area contributed by atoms with Gasteiger partial charge < -0.3 is 14.4 Å². The van der Waals surface area contributed by atoms with Crippen LogP contribution in [-0.2, 0) is 13.0 Å². The number of aryl methyl sites for hydroxylation is 1. The molecule has 1 aromatic carbocycles. The van der Waals surface area contributed by atoms with Crippen molar-refractivity contribution in [3.63, 3.8) is 0 Å². The first-order chi connectivity index (χ1) is 9.60. The van der Waals surface area contributed by atoms with E-state index < -0.39 is 11.9 Å². The molecule has 1 atom stereocenters. The van der Waals surface area contributed by atoms with Crippen molar-refractivity contribution in [3.05, 3.63) is 41.3 Å². The van der Waals surface area contributed by atoms with Gasteiger partial charge in [-0.05, 0) is 31.5 Å². The molecule has 0 saturated heterocycles. The second-order valence-electron chi connectivity index (χ2n) is 4.50. The van der Waals surface area contributed by atoms with Crippen LogP contribution in [0.25, 0.3) is 0 Å². The summed E-state index contributed by atoms with van der Waals surface area (Å²) in [5.41, 5.74) is 0.387. The molecular formula is C14H17FN2O3. The molecule has 5 nitrogen and oxygen atoms in total. The van der Waals surface area contributed by atoms with Gasteiger partial charge in [-0.25, -0.2) is 4.39 Å². The van der Waals surface area contributed by atoms with Crippen LogP contribution in [-0.4, -0.2) is 15.2 Å². The summed E-state index contributed by atoms with van der Waals surface area (Å²) in [6.07, 6.45) is 0.863. The smallest absolute Gasteiger partial charge is 0.264 e. The Balaban J connectivity index is 2.06. The third kappa shape index (κ3) is 3.54. The van der Waals surface area contributed by atoms with Crippen LogP contribution >= 0.6 is 0 Å². The number of hydrogen-bond acceptors (Lipinski definition) is 5. The average molecular weight is 280 g/mol. The van der Waals surface area contributed by atoms with E-state index >= 15 is 0 Å². The maximum atomic E-state index is 13.2. The highest BCUT2D eigenvalue weighted by Gasteiger charge is 2.12. The third-order valence-electron chi connectivity index (χ3n) is 2.76. The Kier molecular flexibility index (Phi) is 4.68. The maximum Gasteiger partial charge on any atom is 0.264 e. The topological polar surface area (TPSA) is 68.4 Å². The van der Waals surface area contributed by atoms with E-state index in [-0.39, 0.29) is 6.61 Å². The maximum absolute atomic E-state index is 13.2. The fraction of sp³-hybridized carbons (Fsp3) is 0.429. The van der Waals surface area contributed by atoms with Gasteiger partial charge in [-0.2, -0.15) is 4.98 Å². The summed E-state index contributed by atoms with van der Waals surface area (Å²) in [4.78, 5) is 4.17. The number of hydrogen-bond donors (Lipinski definition) is 1. The number of aromatic nitrogens is 2. The predicted molar refractivity (Wildman–Crippen MR) is 69.7 cm³/mol. The Morgan fingerprint density at radius 1 is 1.45 bits per heavy atom. The van der Waals surface area contributed by atoms with Gasteiger partial charge in [0.15, 0.2) is 12.4 Å². The molecule has 0 spiro atoms. The molecule has 2 rings (SSSR count). The van der Waals surface area contributed by atoms with E-state index in [1.54, 1.807) is 6.92 Å². The highest BCUT2D eigenvalue weighted by atomic mass is 19.1. The van der Waals surface area contributed by atoms with Crippen molar-refractivity contribution >= 4 is 0 Å². The standard InChI is InChI=1S/C14H17FN2O3/c1-3-4-13-16-14(20-17-13)8-19-12-6-5-10(15)7-11(12)9(2)18/h5-7,9,18H,3-4,8H2,1-2H3/t9-/m0/s1. The Morgan fingerprint density at radius 2 is 2.25 bits per heavy atom. The minimum atomic E-state index is -0.820. The molecule has 0 radical (unpaired) electrons. The molecule has 0 aliphatic heterocycles. The minimum absolute atomic E-state index is 0.0854. The number of ether oxygens (including phenoxy) is 1. The van der Waals surface area contributed by atoms with Gasteiger partial charge in [0.1, 0.15) is 11.6 Å². The van der Waals surface area contributed by atoms with Crippen molar-refractivity contribution in [2.75, 3.05) is 0 Å². The van der Waals surface area contributed by atoms with E-state index in [0.717, 1.165) is 12.8 Å². The SMILES string of the molecule is CCCc1noc(COc2ccc(F)cc2[C@H](C)O)n1. The van der Waals surface area contributed by atoms with Gasteiger partial charge in [-0.1, -0.05) is 12.1 Å². The lowest BCUT2D eigenvalue weighted by Gasteiger charge is -2.12. The van der Waals surface area contributed by atoms with E-state index in [4.69, 9.17) is 9.26 Å². The van der Waals surface area contributed by atoms with Crippen LogP contribution in [0.2, 0.25) is 0 Å². The normalized spacial score (nSPS) is 12.4. The lowest BCUT2D eigenvalue weighted by Crippen LogP contribution is -2.02. The van der Waals surface area contributed by atoms with Crippen LogP contribution in [0.1, 0.15) is 43.7 Å². The number of benzene rings is 1. The molecule has 2 aromatic rings. The van der Waals surface area contributed by atoms with Gasteiger partial charge in [0, 0.05) is 12.0 Å². The lowest BCUT2D eigenvalue weighted by molar-refractivity contribution is 0.184. The summed E-state index contributed by atoms with van der Waals surface area (Å²) in [5.74, 6) is 0.975. The first-order valence-corrected chi connectivity index (χ1v) is 6.52.